The fourth-order valence-electron chi connectivity index (χ4n) is 2.44. The van der Waals surface area contributed by atoms with Gasteiger partial charge >= 0.3 is 0 Å². The van der Waals surface area contributed by atoms with Crippen LogP contribution in [0.4, 0.5) is 11.4 Å². The van der Waals surface area contributed by atoms with Gasteiger partial charge in [0, 0.05) is 45.8 Å². The molecule has 0 aromatic heterocycles. The summed E-state index contributed by atoms with van der Waals surface area (Å²) in [6.07, 6.45) is 0. The van der Waals surface area contributed by atoms with Crippen molar-refractivity contribution in [3.63, 3.8) is 0 Å². The molecule has 0 unspecified atom stereocenters. The van der Waals surface area contributed by atoms with Crippen LogP contribution in [0, 0.1) is 10.1 Å². The molecule has 1 fully saturated rings. The summed E-state index contributed by atoms with van der Waals surface area (Å²) in [5, 5.41) is 14.6. The van der Waals surface area contributed by atoms with E-state index in [1.54, 1.807) is 0 Å². The number of hydrogen-bond acceptors (Lipinski definition) is 6. The predicted molar refractivity (Wildman–Crippen MR) is 83.6 cm³/mol. The summed E-state index contributed by atoms with van der Waals surface area (Å²) in [6, 6.07) is 4.30. The molecule has 9 heteroatoms. The summed E-state index contributed by atoms with van der Waals surface area (Å²) in [5.41, 5.74) is 0.271. The molecule has 0 bridgehead atoms. The summed E-state index contributed by atoms with van der Waals surface area (Å²) >= 11 is 0. The van der Waals surface area contributed by atoms with Crippen LogP contribution in [0.3, 0.4) is 0 Å². The molecule has 0 aliphatic carbocycles. The Morgan fingerprint density at radius 2 is 2.09 bits per heavy atom. The summed E-state index contributed by atoms with van der Waals surface area (Å²) in [4.78, 5) is 12.7. The van der Waals surface area contributed by atoms with Gasteiger partial charge < -0.3 is 10.2 Å². The van der Waals surface area contributed by atoms with Crippen LogP contribution in [0.25, 0.3) is 0 Å². The van der Waals surface area contributed by atoms with Crippen LogP contribution < -0.4 is 10.2 Å². The third-order valence-corrected chi connectivity index (χ3v) is 5.44. The normalized spacial score (nSPS) is 19.5. The lowest BCUT2D eigenvalue weighted by atomic mass is 10.2. The zero-order valence-corrected chi connectivity index (χ0v) is 13.6. The Hall–Kier alpha value is -1.71. The van der Waals surface area contributed by atoms with Gasteiger partial charge in [-0.1, -0.05) is 0 Å². The SMILES string of the molecule is C[C@H]1CN(c2ccc(S(=O)(=O)N(C)C)cc2[N+](=O)[O-])CCN1. The maximum absolute atomic E-state index is 12.1. The average molecular weight is 328 g/mol. The molecule has 1 atom stereocenters. The first-order valence-electron chi connectivity index (χ1n) is 6.93. The summed E-state index contributed by atoms with van der Waals surface area (Å²) in [7, 11) is -0.901. The second kappa shape index (κ2) is 6.19. The van der Waals surface area contributed by atoms with Crippen LogP contribution >= 0.6 is 0 Å². The molecule has 0 spiro atoms. The molecule has 0 radical (unpaired) electrons. The smallest absolute Gasteiger partial charge is 0.293 e. The Morgan fingerprint density at radius 3 is 2.64 bits per heavy atom. The van der Waals surface area contributed by atoms with Crippen molar-refractivity contribution in [3.8, 4) is 0 Å². The second-order valence-electron chi connectivity index (χ2n) is 5.50. The Labute approximate surface area is 129 Å². The highest BCUT2D eigenvalue weighted by molar-refractivity contribution is 7.89. The van der Waals surface area contributed by atoms with Crippen LogP contribution in [0.15, 0.2) is 23.1 Å². The lowest BCUT2D eigenvalue weighted by molar-refractivity contribution is -0.384. The van der Waals surface area contributed by atoms with Crippen molar-refractivity contribution in [2.24, 2.45) is 0 Å². The first-order valence-corrected chi connectivity index (χ1v) is 8.37. The Balaban J connectivity index is 2.47. The molecule has 122 valence electrons. The van der Waals surface area contributed by atoms with E-state index in [1.807, 2.05) is 11.8 Å². The standard InChI is InChI=1S/C13H20N4O4S/c1-10-9-16(7-6-14-10)12-5-4-11(8-13(12)17(18)19)22(20,21)15(2)3/h4-5,8,10,14H,6-7,9H2,1-3H3/t10-/m0/s1. The summed E-state index contributed by atoms with van der Waals surface area (Å²) in [5.74, 6) is 0. The maximum atomic E-state index is 12.1. The van der Waals surface area contributed by atoms with Crippen LogP contribution in [-0.2, 0) is 10.0 Å². The second-order valence-corrected chi connectivity index (χ2v) is 7.65. The summed E-state index contributed by atoms with van der Waals surface area (Å²) < 4.78 is 25.3. The van der Waals surface area contributed by atoms with E-state index in [0.717, 1.165) is 16.9 Å². The van der Waals surface area contributed by atoms with E-state index >= 15 is 0 Å². The molecule has 8 nitrogen and oxygen atoms in total. The van der Waals surface area contributed by atoms with Crippen molar-refractivity contribution in [1.82, 2.24) is 9.62 Å². The van der Waals surface area contributed by atoms with E-state index in [4.69, 9.17) is 0 Å². The van der Waals surface area contributed by atoms with Crippen LogP contribution in [0.2, 0.25) is 0 Å². The molecule has 1 N–H and O–H groups in total. The van der Waals surface area contributed by atoms with Gasteiger partial charge in [0.25, 0.3) is 5.69 Å². The van der Waals surface area contributed by atoms with Crippen LogP contribution in [0.5, 0.6) is 0 Å². The van der Waals surface area contributed by atoms with Crippen molar-refractivity contribution in [2.45, 2.75) is 17.9 Å². The Kier molecular flexibility index (Phi) is 4.69. The average Bonchev–Trinajstić information content (AvgIpc) is 2.46. The highest BCUT2D eigenvalue weighted by Crippen LogP contribution is 2.32. The summed E-state index contributed by atoms with van der Waals surface area (Å²) in [6.45, 7) is 4.02. The third-order valence-electron chi connectivity index (χ3n) is 3.63. The van der Waals surface area contributed by atoms with Crippen LogP contribution in [0.1, 0.15) is 6.92 Å². The molecular weight excluding hydrogens is 308 g/mol. The minimum Gasteiger partial charge on any atom is -0.363 e. The zero-order valence-electron chi connectivity index (χ0n) is 12.8. The Morgan fingerprint density at radius 1 is 1.41 bits per heavy atom. The van der Waals surface area contributed by atoms with E-state index in [-0.39, 0.29) is 16.6 Å². The zero-order chi connectivity index (χ0) is 16.5. The maximum Gasteiger partial charge on any atom is 0.293 e. The van der Waals surface area contributed by atoms with E-state index in [0.29, 0.717) is 18.8 Å². The molecule has 1 aliphatic heterocycles. The number of benzene rings is 1. The molecule has 1 heterocycles. The molecule has 1 aromatic rings. The molecule has 1 aliphatic rings. The van der Waals surface area contributed by atoms with E-state index in [9.17, 15) is 18.5 Å². The number of nitrogens with one attached hydrogen (secondary N) is 1. The first kappa shape index (κ1) is 16.7. The largest absolute Gasteiger partial charge is 0.363 e. The molecule has 0 amide bonds. The van der Waals surface area contributed by atoms with Gasteiger partial charge in [-0.05, 0) is 19.1 Å². The Bertz CT molecular complexity index is 675. The minimum atomic E-state index is -3.69. The third kappa shape index (κ3) is 3.21. The number of anilines is 1. The van der Waals surface area contributed by atoms with Gasteiger partial charge in [-0.3, -0.25) is 10.1 Å². The van der Waals surface area contributed by atoms with Gasteiger partial charge in [-0.15, -0.1) is 0 Å². The highest BCUT2D eigenvalue weighted by atomic mass is 32.2. The fourth-order valence-corrected chi connectivity index (χ4v) is 3.36. The molecule has 1 aromatic carbocycles. The van der Waals surface area contributed by atoms with Crippen molar-refractivity contribution < 1.29 is 13.3 Å². The van der Waals surface area contributed by atoms with Gasteiger partial charge in [-0.2, -0.15) is 0 Å². The number of sulfonamides is 1. The minimum absolute atomic E-state index is 0.0730. The molecule has 22 heavy (non-hydrogen) atoms. The quantitative estimate of drug-likeness (QED) is 0.644. The van der Waals surface area contributed by atoms with E-state index in [1.165, 1.54) is 26.2 Å². The van der Waals surface area contributed by atoms with Crippen LogP contribution in [-0.4, -0.2) is 57.4 Å². The first-order chi connectivity index (χ1) is 10.2. The number of nitro benzene ring substituents is 1. The molecular formula is C13H20N4O4S. The van der Waals surface area contributed by atoms with Gasteiger partial charge in [0.1, 0.15) is 5.69 Å². The highest BCUT2D eigenvalue weighted by Gasteiger charge is 2.27. The van der Waals surface area contributed by atoms with E-state index in [2.05, 4.69) is 5.32 Å². The molecule has 2 rings (SSSR count). The monoisotopic (exact) mass is 328 g/mol. The number of rotatable bonds is 4. The number of nitrogens with zero attached hydrogens (tertiary/aromatic N) is 3. The van der Waals surface area contributed by atoms with Gasteiger partial charge in [-0.25, -0.2) is 12.7 Å². The van der Waals surface area contributed by atoms with Crippen molar-refractivity contribution in [1.29, 1.82) is 0 Å². The number of nitro groups is 1. The van der Waals surface area contributed by atoms with Gasteiger partial charge in [0.15, 0.2) is 0 Å². The lowest BCUT2D eigenvalue weighted by Crippen LogP contribution is -2.49. The number of piperazine rings is 1. The number of hydrogen-bond donors (Lipinski definition) is 1. The lowest BCUT2D eigenvalue weighted by Gasteiger charge is -2.33. The van der Waals surface area contributed by atoms with E-state index < -0.39 is 14.9 Å². The van der Waals surface area contributed by atoms with Crippen molar-refractivity contribution >= 4 is 21.4 Å². The topological polar surface area (TPSA) is 95.8 Å². The molecule has 1 saturated heterocycles. The van der Waals surface area contributed by atoms with Gasteiger partial charge in [0.2, 0.25) is 10.0 Å². The van der Waals surface area contributed by atoms with Crippen molar-refractivity contribution in [2.75, 3.05) is 38.6 Å². The predicted octanol–water partition coefficient (Wildman–Crippen LogP) is 0.643. The molecule has 0 saturated carbocycles. The van der Waals surface area contributed by atoms with Crippen molar-refractivity contribution in [3.05, 3.63) is 28.3 Å². The van der Waals surface area contributed by atoms with Gasteiger partial charge in [0.05, 0.1) is 9.82 Å². The fraction of sp³-hybridized carbons (Fsp3) is 0.538.